The molecule has 0 bridgehead atoms. The van der Waals surface area contributed by atoms with E-state index in [1.165, 1.54) is 6.08 Å². The average Bonchev–Trinajstić information content (AvgIpc) is 3.12. The van der Waals surface area contributed by atoms with Crippen LogP contribution in [0.1, 0.15) is 26.2 Å². The lowest BCUT2D eigenvalue weighted by atomic mass is 9.82. The Hall–Kier alpha value is -1.95. The lowest BCUT2D eigenvalue weighted by Crippen LogP contribution is -2.36. The molecule has 1 saturated carbocycles. The number of ether oxygens (including phenoxy) is 2. The summed E-state index contributed by atoms with van der Waals surface area (Å²) in [5.41, 5.74) is 0.486. The monoisotopic (exact) mass is 291 g/mol. The van der Waals surface area contributed by atoms with Crippen LogP contribution < -0.4 is 5.32 Å². The normalized spacial score (nSPS) is 31.9. The van der Waals surface area contributed by atoms with Crippen molar-refractivity contribution in [2.75, 3.05) is 0 Å². The Kier molecular flexibility index (Phi) is 3.41. The van der Waals surface area contributed by atoms with Gasteiger partial charge in [0.1, 0.15) is 6.10 Å². The van der Waals surface area contributed by atoms with E-state index in [-0.39, 0.29) is 23.2 Å². The zero-order chi connectivity index (χ0) is 15.1. The van der Waals surface area contributed by atoms with Crippen LogP contribution in [0.2, 0.25) is 0 Å². The molecular weight excluding hydrogens is 274 g/mol. The summed E-state index contributed by atoms with van der Waals surface area (Å²) in [6, 6.07) is 0. The zero-order valence-electron chi connectivity index (χ0n) is 11.8. The third-order valence-corrected chi connectivity index (χ3v) is 4.15. The van der Waals surface area contributed by atoms with Crippen LogP contribution in [-0.4, -0.2) is 36.1 Å². The first-order valence-electron chi connectivity index (χ1n) is 7.04. The minimum atomic E-state index is -0.717. The number of esters is 1. The molecular formula is C15H17NO5. The predicted molar refractivity (Wildman–Crippen MR) is 71.9 cm³/mol. The number of imide groups is 1. The number of carbonyl (C=O) groups is 3. The molecule has 2 aliphatic heterocycles. The predicted octanol–water partition coefficient (Wildman–Crippen LogP) is 0.625. The summed E-state index contributed by atoms with van der Waals surface area (Å²) in [7, 11) is 0. The van der Waals surface area contributed by atoms with Gasteiger partial charge in [0, 0.05) is 17.6 Å². The number of epoxide rings is 1. The molecule has 112 valence electrons. The fourth-order valence-electron chi connectivity index (χ4n) is 2.98. The summed E-state index contributed by atoms with van der Waals surface area (Å²) in [6.45, 7) is 5.10. The highest BCUT2D eigenvalue weighted by Gasteiger charge is 2.48. The third kappa shape index (κ3) is 2.76. The summed E-state index contributed by atoms with van der Waals surface area (Å²) in [5, 5.41) is 2.20. The molecule has 0 aromatic heterocycles. The van der Waals surface area contributed by atoms with Gasteiger partial charge in [-0.25, -0.2) is 4.79 Å². The molecule has 2 fully saturated rings. The van der Waals surface area contributed by atoms with Gasteiger partial charge in [-0.3, -0.25) is 14.9 Å². The first-order valence-corrected chi connectivity index (χ1v) is 7.04. The summed E-state index contributed by atoms with van der Waals surface area (Å²) in [4.78, 5) is 35.1. The second kappa shape index (κ2) is 5.11. The van der Waals surface area contributed by atoms with Crippen LogP contribution in [0.25, 0.3) is 0 Å². The van der Waals surface area contributed by atoms with Crippen LogP contribution in [0.5, 0.6) is 0 Å². The molecule has 21 heavy (non-hydrogen) atoms. The number of rotatable bonds is 4. The molecule has 3 aliphatic rings. The smallest absolute Gasteiger partial charge is 0.333 e. The number of fused-ring (bicyclic) bond motifs is 1. The van der Waals surface area contributed by atoms with E-state index in [1.54, 1.807) is 6.92 Å². The van der Waals surface area contributed by atoms with Crippen molar-refractivity contribution < 1.29 is 23.9 Å². The molecule has 0 spiro atoms. The lowest BCUT2D eigenvalue weighted by molar-refractivity contribution is -0.145. The third-order valence-electron chi connectivity index (χ3n) is 4.15. The van der Waals surface area contributed by atoms with E-state index in [2.05, 4.69) is 11.9 Å². The number of hydrogen-bond donors (Lipinski definition) is 1. The maximum atomic E-state index is 11.9. The molecule has 2 amide bonds. The van der Waals surface area contributed by atoms with Gasteiger partial charge in [0.25, 0.3) is 11.8 Å². The topological polar surface area (TPSA) is 85.0 Å². The van der Waals surface area contributed by atoms with Crippen LogP contribution in [0.15, 0.2) is 23.8 Å². The molecule has 3 rings (SSSR count). The van der Waals surface area contributed by atoms with Gasteiger partial charge in [0.15, 0.2) is 0 Å². The Labute approximate surface area is 122 Å². The number of carbonyl (C=O) groups excluding carboxylic acids is 3. The summed E-state index contributed by atoms with van der Waals surface area (Å²) >= 11 is 0. The van der Waals surface area contributed by atoms with Gasteiger partial charge >= 0.3 is 5.97 Å². The van der Waals surface area contributed by atoms with Crippen LogP contribution >= 0.6 is 0 Å². The molecule has 0 aromatic carbocycles. The Bertz CT molecular complexity index is 564. The van der Waals surface area contributed by atoms with Crippen molar-refractivity contribution in [1.29, 1.82) is 0 Å². The summed E-state index contributed by atoms with van der Waals surface area (Å²) < 4.78 is 10.9. The van der Waals surface area contributed by atoms with Gasteiger partial charge in [-0.05, 0) is 26.2 Å². The summed E-state index contributed by atoms with van der Waals surface area (Å²) in [6.07, 6.45) is 3.43. The van der Waals surface area contributed by atoms with Gasteiger partial charge < -0.3 is 9.47 Å². The van der Waals surface area contributed by atoms with Gasteiger partial charge in [0.05, 0.1) is 17.8 Å². The number of nitrogens with one attached hydrogen (secondary N) is 1. The van der Waals surface area contributed by atoms with E-state index in [0.29, 0.717) is 6.10 Å². The molecule has 6 heteroatoms. The van der Waals surface area contributed by atoms with Crippen LogP contribution in [-0.2, 0) is 23.9 Å². The minimum Gasteiger partial charge on any atom is -0.454 e. The van der Waals surface area contributed by atoms with Crippen molar-refractivity contribution in [1.82, 2.24) is 5.32 Å². The SMILES string of the molecule is C=C(C)C(=O)OC(C1=CC(=O)NC1=O)C1CCC2OC2C1. The Morgan fingerprint density at radius 2 is 2.19 bits per heavy atom. The highest BCUT2D eigenvalue weighted by atomic mass is 16.6. The second-order valence-electron chi connectivity index (χ2n) is 5.81. The first kappa shape index (κ1) is 14.0. The number of hydrogen-bond acceptors (Lipinski definition) is 5. The van der Waals surface area contributed by atoms with Crippen LogP contribution in [0, 0.1) is 5.92 Å². The van der Waals surface area contributed by atoms with Crippen molar-refractivity contribution >= 4 is 17.8 Å². The molecule has 4 unspecified atom stereocenters. The van der Waals surface area contributed by atoms with Gasteiger partial charge in [-0.2, -0.15) is 0 Å². The quantitative estimate of drug-likeness (QED) is 0.355. The van der Waals surface area contributed by atoms with E-state index in [9.17, 15) is 14.4 Å². The van der Waals surface area contributed by atoms with Gasteiger partial charge in [-0.1, -0.05) is 6.58 Å². The van der Waals surface area contributed by atoms with E-state index in [4.69, 9.17) is 9.47 Å². The van der Waals surface area contributed by atoms with Crippen LogP contribution in [0.4, 0.5) is 0 Å². The van der Waals surface area contributed by atoms with Crippen molar-refractivity contribution in [2.45, 2.75) is 44.5 Å². The van der Waals surface area contributed by atoms with Crippen molar-refractivity contribution in [3.05, 3.63) is 23.8 Å². The van der Waals surface area contributed by atoms with E-state index < -0.39 is 23.9 Å². The van der Waals surface area contributed by atoms with Gasteiger partial charge in [0.2, 0.25) is 0 Å². The van der Waals surface area contributed by atoms with E-state index in [1.807, 2.05) is 0 Å². The van der Waals surface area contributed by atoms with Crippen LogP contribution in [0.3, 0.4) is 0 Å². The highest BCUT2D eigenvalue weighted by Crippen LogP contribution is 2.42. The Balaban J connectivity index is 1.81. The molecule has 6 nitrogen and oxygen atoms in total. The molecule has 1 saturated heterocycles. The fourth-order valence-corrected chi connectivity index (χ4v) is 2.98. The first-order chi connectivity index (χ1) is 9.95. The molecule has 0 aromatic rings. The molecule has 2 heterocycles. The Morgan fingerprint density at radius 3 is 2.76 bits per heavy atom. The average molecular weight is 291 g/mol. The molecule has 1 aliphatic carbocycles. The van der Waals surface area contributed by atoms with Crippen molar-refractivity contribution in [2.24, 2.45) is 5.92 Å². The molecule has 1 N–H and O–H groups in total. The molecule has 4 atom stereocenters. The zero-order valence-corrected chi connectivity index (χ0v) is 11.8. The maximum absolute atomic E-state index is 11.9. The van der Waals surface area contributed by atoms with Crippen molar-refractivity contribution in [3.63, 3.8) is 0 Å². The second-order valence-corrected chi connectivity index (χ2v) is 5.81. The number of amides is 2. The minimum absolute atomic E-state index is 0.0139. The highest BCUT2D eigenvalue weighted by molar-refractivity contribution is 6.17. The Morgan fingerprint density at radius 1 is 1.43 bits per heavy atom. The fraction of sp³-hybridized carbons (Fsp3) is 0.533. The lowest BCUT2D eigenvalue weighted by Gasteiger charge is -2.28. The van der Waals surface area contributed by atoms with E-state index >= 15 is 0 Å². The van der Waals surface area contributed by atoms with Gasteiger partial charge in [-0.15, -0.1) is 0 Å². The van der Waals surface area contributed by atoms with Crippen molar-refractivity contribution in [3.8, 4) is 0 Å². The van der Waals surface area contributed by atoms with E-state index in [0.717, 1.165) is 19.3 Å². The standard InChI is InChI=1S/C15H17NO5/c1-7(2)15(19)21-13(9-6-12(17)16-14(9)18)8-3-4-10-11(5-8)20-10/h6,8,10-11,13H,1,3-5H2,2H3,(H,16,17,18). The summed E-state index contributed by atoms with van der Waals surface area (Å²) in [5.74, 6) is -1.52. The maximum Gasteiger partial charge on any atom is 0.333 e. The largest absolute Gasteiger partial charge is 0.454 e. The molecule has 0 radical (unpaired) electrons.